The summed E-state index contributed by atoms with van der Waals surface area (Å²) >= 11 is 0. The molecule has 3 heterocycles. The average Bonchev–Trinajstić information content (AvgIpc) is 3.33. The van der Waals surface area contributed by atoms with Gasteiger partial charge in [0, 0.05) is 31.3 Å². The molecule has 0 spiro atoms. The van der Waals surface area contributed by atoms with Gasteiger partial charge in [0.2, 0.25) is 16.0 Å². The highest BCUT2D eigenvalue weighted by molar-refractivity contribution is 7.94. The number of nitrogens with one attached hydrogen (secondary N) is 5. The number of benzene rings is 2. The van der Waals surface area contributed by atoms with Crippen LogP contribution in [0.4, 0.5) is 5.95 Å². The van der Waals surface area contributed by atoms with Crippen LogP contribution in [0.1, 0.15) is 11.7 Å². The van der Waals surface area contributed by atoms with E-state index in [4.69, 9.17) is 10.9 Å². The summed E-state index contributed by atoms with van der Waals surface area (Å²) in [5, 5.41) is 7.79. The highest BCUT2D eigenvalue weighted by Crippen LogP contribution is 2.40. The highest BCUT2D eigenvalue weighted by Gasteiger charge is 2.39. The number of rotatable bonds is 5. The average molecular weight is 494 g/mol. The number of primary sulfonamides is 1. The smallest absolute Gasteiger partial charge is 0.239 e. The summed E-state index contributed by atoms with van der Waals surface area (Å²) in [6.07, 6.45) is -0.834. The molecule has 2 fully saturated rings. The molecule has 0 unspecified atom stereocenters. The summed E-state index contributed by atoms with van der Waals surface area (Å²) in [5.41, 5.74) is 19.4. The van der Waals surface area contributed by atoms with E-state index in [1.807, 2.05) is 6.07 Å². The van der Waals surface area contributed by atoms with Crippen molar-refractivity contribution in [3.05, 3.63) is 35.9 Å². The number of nitrogen functional groups attached to an aromatic ring is 1. The minimum absolute atomic E-state index is 0.139. The van der Waals surface area contributed by atoms with Crippen LogP contribution >= 0.6 is 0 Å². The summed E-state index contributed by atoms with van der Waals surface area (Å²) in [7, 11) is -6.68. The lowest BCUT2D eigenvalue weighted by molar-refractivity contribution is 0.491. The van der Waals surface area contributed by atoms with Crippen molar-refractivity contribution in [3.8, 4) is 11.1 Å². The first-order chi connectivity index (χ1) is 15.6. The number of sulfone groups is 1. The van der Waals surface area contributed by atoms with E-state index in [2.05, 4.69) is 32.2 Å². The number of hydrogen-bond donors (Lipinski definition) is 7. The number of hydrazine groups is 3. The maximum absolute atomic E-state index is 13.3. The van der Waals surface area contributed by atoms with Crippen molar-refractivity contribution in [2.75, 3.05) is 18.8 Å². The SMILES string of the molecule is Cn1c(N)nc2c(-c3ccc(S(=O)(=O)C4CNC4)c(S(N)(=O)=O)c3C3NNNN3)cccc21. The molecule has 2 aromatic carbocycles. The van der Waals surface area contributed by atoms with E-state index < -0.39 is 36.2 Å². The molecule has 15 heteroatoms. The van der Waals surface area contributed by atoms with Crippen LogP contribution in [0, 0.1) is 0 Å². The maximum Gasteiger partial charge on any atom is 0.239 e. The Morgan fingerprint density at radius 1 is 1.03 bits per heavy atom. The summed E-state index contributed by atoms with van der Waals surface area (Å²) in [6, 6.07) is 8.26. The van der Waals surface area contributed by atoms with Crippen molar-refractivity contribution < 1.29 is 16.8 Å². The van der Waals surface area contributed by atoms with E-state index in [1.165, 1.54) is 6.07 Å². The van der Waals surface area contributed by atoms with Gasteiger partial charge in [-0.2, -0.15) is 11.1 Å². The van der Waals surface area contributed by atoms with Crippen molar-refractivity contribution >= 4 is 36.8 Å². The Labute approximate surface area is 189 Å². The predicted molar refractivity (Wildman–Crippen MR) is 121 cm³/mol. The van der Waals surface area contributed by atoms with Crippen LogP contribution in [-0.4, -0.2) is 44.7 Å². The molecule has 9 N–H and O–H groups in total. The van der Waals surface area contributed by atoms with E-state index >= 15 is 0 Å². The van der Waals surface area contributed by atoms with Crippen LogP contribution < -0.4 is 38.1 Å². The highest BCUT2D eigenvalue weighted by atomic mass is 32.2. The number of imidazole rings is 1. The number of nitrogens with zero attached hydrogens (tertiary/aromatic N) is 2. The Morgan fingerprint density at radius 2 is 1.73 bits per heavy atom. The fraction of sp³-hybridized carbons (Fsp3) is 0.278. The van der Waals surface area contributed by atoms with E-state index in [0.717, 1.165) is 5.52 Å². The minimum atomic E-state index is -4.47. The second kappa shape index (κ2) is 7.71. The molecular formula is C18H23N9O4S2. The van der Waals surface area contributed by atoms with Crippen molar-refractivity contribution in [2.45, 2.75) is 21.2 Å². The zero-order valence-corrected chi connectivity index (χ0v) is 19.1. The summed E-state index contributed by atoms with van der Waals surface area (Å²) in [6.45, 7) is 0.470. The van der Waals surface area contributed by atoms with Crippen LogP contribution in [-0.2, 0) is 26.9 Å². The molecule has 2 aliphatic rings. The number of fused-ring (bicyclic) bond motifs is 1. The lowest BCUT2D eigenvalue weighted by Gasteiger charge is -2.29. The largest absolute Gasteiger partial charge is 0.369 e. The van der Waals surface area contributed by atoms with Crippen LogP contribution in [0.15, 0.2) is 40.1 Å². The number of para-hydroxylation sites is 1. The van der Waals surface area contributed by atoms with Crippen molar-refractivity contribution in [1.82, 2.24) is 36.8 Å². The van der Waals surface area contributed by atoms with Crippen molar-refractivity contribution in [2.24, 2.45) is 12.2 Å². The van der Waals surface area contributed by atoms with E-state index in [9.17, 15) is 16.8 Å². The Kier molecular flexibility index (Phi) is 5.18. The molecule has 1 aromatic heterocycles. The second-order valence-electron chi connectivity index (χ2n) is 7.90. The molecule has 33 heavy (non-hydrogen) atoms. The standard InChI is InChI=1S/C18H23N9O4S2/c1-27-12-4-2-3-11(15(12)22-18(27)19)10-5-6-13(32(28,29)9-7-21-8-9)16(33(20,30)31)14(10)17-23-25-26-24-17/h2-6,9,17,21,23-26H,7-8H2,1H3,(H2,19,22)(H2,20,30,31). The lowest BCUT2D eigenvalue weighted by Crippen LogP contribution is -2.51. The number of aromatic nitrogens is 2. The molecule has 0 amide bonds. The third kappa shape index (κ3) is 3.49. The summed E-state index contributed by atoms with van der Waals surface area (Å²) < 4.78 is 54.0. The zero-order chi connectivity index (χ0) is 23.5. The Bertz CT molecular complexity index is 1470. The quantitative estimate of drug-likeness (QED) is 0.214. The molecule has 2 aliphatic heterocycles. The lowest BCUT2D eigenvalue weighted by atomic mass is 9.96. The molecule has 13 nitrogen and oxygen atoms in total. The number of sulfonamides is 1. The molecule has 3 aromatic rings. The van der Waals surface area contributed by atoms with Crippen molar-refractivity contribution in [1.29, 1.82) is 0 Å². The van der Waals surface area contributed by atoms with Crippen LogP contribution in [0.3, 0.4) is 0 Å². The van der Waals surface area contributed by atoms with Crippen LogP contribution in [0.2, 0.25) is 0 Å². The van der Waals surface area contributed by atoms with E-state index in [0.29, 0.717) is 16.6 Å². The van der Waals surface area contributed by atoms with Gasteiger partial charge in [-0.1, -0.05) is 18.2 Å². The molecule has 2 saturated heterocycles. The normalized spacial score (nSPS) is 18.1. The van der Waals surface area contributed by atoms with Gasteiger partial charge in [0.05, 0.1) is 21.2 Å². The third-order valence-corrected chi connectivity index (χ3v) is 9.26. The van der Waals surface area contributed by atoms with E-state index in [-0.39, 0.29) is 29.5 Å². The van der Waals surface area contributed by atoms with E-state index in [1.54, 1.807) is 29.8 Å². The Hall–Kier alpha value is -2.63. The molecule has 0 atom stereocenters. The molecule has 5 rings (SSSR count). The molecule has 0 radical (unpaired) electrons. The van der Waals surface area contributed by atoms with Gasteiger partial charge in [0.15, 0.2) is 9.84 Å². The van der Waals surface area contributed by atoms with Gasteiger partial charge in [-0.3, -0.25) is 0 Å². The predicted octanol–water partition coefficient (Wildman–Crippen LogP) is -1.67. The van der Waals surface area contributed by atoms with Crippen molar-refractivity contribution in [3.63, 3.8) is 0 Å². The van der Waals surface area contributed by atoms with Gasteiger partial charge in [-0.15, -0.1) is 0 Å². The summed E-state index contributed by atoms with van der Waals surface area (Å²) in [5.74, 6) is 0.280. The van der Waals surface area contributed by atoms with Gasteiger partial charge in [0.1, 0.15) is 11.1 Å². The maximum atomic E-state index is 13.3. The molecule has 0 bridgehead atoms. The zero-order valence-electron chi connectivity index (χ0n) is 17.5. The second-order valence-corrected chi connectivity index (χ2v) is 11.6. The topological polar surface area (TPSA) is 198 Å². The van der Waals surface area contributed by atoms with Crippen LogP contribution in [0.5, 0.6) is 0 Å². The molecule has 0 saturated carbocycles. The third-order valence-electron chi connectivity index (χ3n) is 5.95. The first-order valence-electron chi connectivity index (χ1n) is 9.97. The van der Waals surface area contributed by atoms with Gasteiger partial charge in [-0.05, 0) is 17.7 Å². The number of hydrogen-bond acceptors (Lipinski definition) is 11. The monoisotopic (exact) mass is 493 g/mol. The molecular weight excluding hydrogens is 470 g/mol. The fourth-order valence-electron chi connectivity index (χ4n) is 4.13. The Balaban J connectivity index is 1.87. The van der Waals surface area contributed by atoms with Gasteiger partial charge in [-0.25, -0.2) is 37.8 Å². The summed E-state index contributed by atoms with van der Waals surface area (Å²) in [4.78, 5) is 3.63. The molecule has 0 aliphatic carbocycles. The first-order valence-corrected chi connectivity index (χ1v) is 13.1. The number of anilines is 1. The van der Waals surface area contributed by atoms with Gasteiger partial charge >= 0.3 is 0 Å². The van der Waals surface area contributed by atoms with Crippen LogP contribution in [0.25, 0.3) is 22.2 Å². The van der Waals surface area contributed by atoms with Gasteiger partial charge < -0.3 is 15.6 Å². The van der Waals surface area contributed by atoms with Gasteiger partial charge in [0.25, 0.3) is 0 Å². The fourth-order valence-corrected chi connectivity index (χ4v) is 7.37. The minimum Gasteiger partial charge on any atom is -0.369 e. The number of aryl methyl sites for hydroxylation is 1. The number of nitrogens with two attached hydrogens (primary N) is 2. The molecule has 176 valence electrons. The Morgan fingerprint density at radius 3 is 2.33 bits per heavy atom. The first kappa shape index (κ1) is 22.2.